The molecule has 26 heavy (non-hydrogen) atoms. The molecule has 1 fully saturated rings. The second-order valence-electron chi connectivity index (χ2n) is 6.13. The normalized spacial score (nSPS) is 16.7. The zero-order valence-electron chi connectivity index (χ0n) is 14.2. The number of nitriles is 1. The second-order valence-corrected chi connectivity index (χ2v) is 6.13. The minimum atomic E-state index is -0.540. The van der Waals surface area contributed by atoms with Gasteiger partial charge in [0.1, 0.15) is 6.10 Å². The van der Waals surface area contributed by atoms with Gasteiger partial charge in [0.05, 0.1) is 31.2 Å². The lowest BCUT2D eigenvalue weighted by Crippen LogP contribution is -2.43. The lowest BCUT2D eigenvalue weighted by Gasteiger charge is -2.33. The third-order valence-electron chi connectivity index (χ3n) is 4.43. The average Bonchev–Trinajstić information content (AvgIpc) is 2.68. The fourth-order valence-electron chi connectivity index (χ4n) is 3.08. The quantitative estimate of drug-likeness (QED) is 0.910. The molecule has 2 aromatic rings. The molecule has 1 unspecified atom stereocenters. The molecule has 132 valence electrons. The SMILES string of the molecule is N#Cc1cccc(C2CN(C(=O)Cc3ccccc3C(N)=O)CCO2)c1. The van der Waals surface area contributed by atoms with Crippen LogP contribution in [-0.2, 0) is 16.0 Å². The first-order valence-corrected chi connectivity index (χ1v) is 8.35. The van der Waals surface area contributed by atoms with Crippen molar-refractivity contribution in [1.82, 2.24) is 4.90 Å². The van der Waals surface area contributed by atoms with Crippen molar-refractivity contribution in [2.75, 3.05) is 19.7 Å². The summed E-state index contributed by atoms with van der Waals surface area (Å²) in [7, 11) is 0. The molecule has 6 nitrogen and oxygen atoms in total. The van der Waals surface area contributed by atoms with Gasteiger partial charge in [-0.25, -0.2) is 0 Å². The van der Waals surface area contributed by atoms with Crippen LogP contribution in [0.3, 0.4) is 0 Å². The van der Waals surface area contributed by atoms with Gasteiger partial charge in [0.15, 0.2) is 0 Å². The van der Waals surface area contributed by atoms with Gasteiger partial charge in [0, 0.05) is 12.1 Å². The molecule has 2 amide bonds. The van der Waals surface area contributed by atoms with Crippen molar-refractivity contribution in [2.24, 2.45) is 5.73 Å². The van der Waals surface area contributed by atoms with Crippen molar-refractivity contribution in [3.05, 3.63) is 70.8 Å². The Balaban J connectivity index is 1.72. The Kier molecular flexibility index (Phi) is 5.30. The first-order chi connectivity index (χ1) is 12.6. The number of benzene rings is 2. The van der Waals surface area contributed by atoms with E-state index in [0.717, 1.165) is 5.56 Å². The Morgan fingerprint density at radius 3 is 2.81 bits per heavy atom. The minimum absolute atomic E-state index is 0.0802. The number of ether oxygens (including phenoxy) is 1. The molecule has 3 rings (SSSR count). The fourth-order valence-corrected chi connectivity index (χ4v) is 3.08. The highest BCUT2D eigenvalue weighted by Gasteiger charge is 2.26. The number of morpholine rings is 1. The Labute approximate surface area is 151 Å². The summed E-state index contributed by atoms with van der Waals surface area (Å²) < 4.78 is 5.78. The van der Waals surface area contributed by atoms with Gasteiger partial charge in [-0.1, -0.05) is 30.3 Å². The Morgan fingerprint density at radius 1 is 1.23 bits per heavy atom. The van der Waals surface area contributed by atoms with Gasteiger partial charge < -0.3 is 15.4 Å². The smallest absolute Gasteiger partial charge is 0.248 e. The van der Waals surface area contributed by atoms with Crippen LogP contribution in [0.25, 0.3) is 0 Å². The molecule has 1 aliphatic rings. The van der Waals surface area contributed by atoms with Gasteiger partial charge in [-0.3, -0.25) is 9.59 Å². The van der Waals surface area contributed by atoms with Crippen LogP contribution in [0.5, 0.6) is 0 Å². The molecule has 0 saturated carbocycles. The van der Waals surface area contributed by atoms with E-state index in [9.17, 15) is 9.59 Å². The number of carbonyl (C=O) groups is 2. The molecule has 0 aliphatic carbocycles. The summed E-state index contributed by atoms with van der Waals surface area (Å²) in [5, 5.41) is 9.04. The summed E-state index contributed by atoms with van der Waals surface area (Å²) in [6, 6.07) is 16.2. The molecular weight excluding hydrogens is 330 g/mol. The molecule has 0 bridgehead atoms. The van der Waals surface area contributed by atoms with E-state index in [1.807, 2.05) is 6.07 Å². The Bertz CT molecular complexity index is 873. The predicted molar refractivity (Wildman–Crippen MR) is 95.1 cm³/mol. The van der Waals surface area contributed by atoms with Crippen LogP contribution in [-0.4, -0.2) is 36.4 Å². The van der Waals surface area contributed by atoms with E-state index in [4.69, 9.17) is 15.7 Å². The number of nitrogens with zero attached hydrogens (tertiary/aromatic N) is 2. The molecule has 0 aromatic heterocycles. The van der Waals surface area contributed by atoms with Crippen molar-refractivity contribution in [3.8, 4) is 6.07 Å². The average molecular weight is 349 g/mol. The van der Waals surface area contributed by atoms with Crippen molar-refractivity contribution in [3.63, 3.8) is 0 Å². The van der Waals surface area contributed by atoms with Gasteiger partial charge in [-0.15, -0.1) is 0 Å². The number of hydrogen-bond acceptors (Lipinski definition) is 4. The fraction of sp³-hybridized carbons (Fsp3) is 0.250. The number of nitrogens with two attached hydrogens (primary N) is 1. The van der Waals surface area contributed by atoms with Crippen molar-refractivity contribution in [1.29, 1.82) is 5.26 Å². The van der Waals surface area contributed by atoms with Crippen LogP contribution in [0.15, 0.2) is 48.5 Å². The molecule has 1 atom stereocenters. The molecule has 1 aliphatic heterocycles. The van der Waals surface area contributed by atoms with Gasteiger partial charge in [-0.05, 0) is 29.3 Å². The van der Waals surface area contributed by atoms with Gasteiger partial charge in [0.25, 0.3) is 0 Å². The summed E-state index contributed by atoms with van der Waals surface area (Å²) in [6.45, 7) is 1.32. The largest absolute Gasteiger partial charge is 0.370 e. The number of carbonyl (C=O) groups excluding carboxylic acids is 2. The summed E-state index contributed by atoms with van der Waals surface area (Å²) in [6.07, 6.45) is -0.156. The van der Waals surface area contributed by atoms with Crippen LogP contribution in [0, 0.1) is 11.3 Å². The van der Waals surface area contributed by atoms with E-state index in [0.29, 0.717) is 36.4 Å². The summed E-state index contributed by atoms with van der Waals surface area (Å²) in [5.74, 6) is -0.620. The molecule has 6 heteroatoms. The van der Waals surface area contributed by atoms with Crippen molar-refractivity contribution < 1.29 is 14.3 Å². The zero-order chi connectivity index (χ0) is 18.5. The first kappa shape index (κ1) is 17.6. The van der Waals surface area contributed by atoms with E-state index >= 15 is 0 Å². The van der Waals surface area contributed by atoms with Crippen LogP contribution >= 0.6 is 0 Å². The number of primary amides is 1. The van der Waals surface area contributed by atoms with Gasteiger partial charge >= 0.3 is 0 Å². The number of hydrogen-bond donors (Lipinski definition) is 1. The molecule has 1 heterocycles. The van der Waals surface area contributed by atoms with Crippen molar-refractivity contribution >= 4 is 11.8 Å². The van der Waals surface area contributed by atoms with E-state index in [1.54, 1.807) is 47.4 Å². The lowest BCUT2D eigenvalue weighted by molar-refractivity contribution is -0.138. The zero-order valence-corrected chi connectivity index (χ0v) is 14.2. The predicted octanol–water partition coefficient (Wildman–Crippen LogP) is 1.80. The van der Waals surface area contributed by atoms with Gasteiger partial charge in [0.2, 0.25) is 11.8 Å². The highest BCUT2D eigenvalue weighted by Crippen LogP contribution is 2.23. The molecule has 0 spiro atoms. The minimum Gasteiger partial charge on any atom is -0.370 e. The molecule has 0 radical (unpaired) electrons. The maximum absolute atomic E-state index is 12.7. The lowest BCUT2D eigenvalue weighted by atomic mass is 10.0. The van der Waals surface area contributed by atoms with E-state index < -0.39 is 5.91 Å². The third-order valence-corrected chi connectivity index (χ3v) is 4.43. The van der Waals surface area contributed by atoms with Crippen LogP contribution in [0.4, 0.5) is 0 Å². The van der Waals surface area contributed by atoms with E-state index in [1.165, 1.54) is 0 Å². The Morgan fingerprint density at radius 2 is 2.04 bits per heavy atom. The van der Waals surface area contributed by atoms with Crippen LogP contribution < -0.4 is 5.73 Å². The second kappa shape index (κ2) is 7.81. The number of rotatable bonds is 4. The van der Waals surface area contributed by atoms with Gasteiger partial charge in [-0.2, -0.15) is 5.26 Å². The monoisotopic (exact) mass is 349 g/mol. The maximum Gasteiger partial charge on any atom is 0.248 e. The topological polar surface area (TPSA) is 96.4 Å². The van der Waals surface area contributed by atoms with E-state index in [2.05, 4.69) is 6.07 Å². The highest BCUT2D eigenvalue weighted by molar-refractivity contribution is 5.95. The summed E-state index contributed by atoms with van der Waals surface area (Å²) in [5.41, 5.74) is 7.81. The van der Waals surface area contributed by atoms with Crippen LogP contribution in [0.1, 0.15) is 33.2 Å². The molecular formula is C20H19N3O3. The van der Waals surface area contributed by atoms with Crippen molar-refractivity contribution in [2.45, 2.75) is 12.5 Å². The Hall–Kier alpha value is -3.17. The molecule has 2 aromatic carbocycles. The first-order valence-electron chi connectivity index (χ1n) is 8.35. The standard InChI is InChI=1S/C20H19N3O3/c21-12-14-4-3-6-16(10-14)18-13-23(8-9-26-18)19(24)11-15-5-1-2-7-17(15)20(22)25/h1-7,10,18H,8-9,11,13H2,(H2,22,25). The molecule has 1 saturated heterocycles. The summed E-state index contributed by atoms with van der Waals surface area (Å²) >= 11 is 0. The van der Waals surface area contributed by atoms with Crippen LogP contribution in [0.2, 0.25) is 0 Å². The summed E-state index contributed by atoms with van der Waals surface area (Å²) in [4.78, 5) is 26.0. The maximum atomic E-state index is 12.7. The number of amides is 2. The van der Waals surface area contributed by atoms with E-state index in [-0.39, 0.29) is 18.4 Å². The highest BCUT2D eigenvalue weighted by atomic mass is 16.5. The molecule has 2 N–H and O–H groups in total. The third kappa shape index (κ3) is 3.90.